The molecule has 0 amide bonds. The molecule has 31 heavy (non-hydrogen) atoms. The minimum Gasteiger partial charge on any atom is -0.494 e. The average Bonchev–Trinajstić information content (AvgIpc) is 2.78. The minimum atomic E-state index is -0.345. The van der Waals surface area contributed by atoms with Gasteiger partial charge in [0.05, 0.1) is 13.2 Å². The molecule has 1 atom stereocenters. The van der Waals surface area contributed by atoms with Crippen molar-refractivity contribution in [1.82, 2.24) is 20.4 Å². The molecule has 2 aliphatic heterocycles. The maximum Gasteiger partial charge on any atom is 0.191 e. The van der Waals surface area contributed by atoms with Crippen molar-refractivity contribution in [3.8, 4) is 5.75 Å². The predicted molar refractivity (Wildman–Crippen MR) is 136 cm³/mol. The van der Waals surface area contributed by atoms with Gasteiger partial charge in [0.15, 0.2) is 17.5 Å². The Labute approximate surface area is 204 Å². The van der Waals surface area contributed by atoms with E-state index in [1.165, 1.54) is 58.4 Å². The van der Waals surface area contributed by atoms with Gasteiger partial charge in [-0.05, 0) is 83.5 Å². The van der Waals surface area contributed by atoms with Crippen LogP contribution in [0.25, 0.3) is 0 Å². The predicted octanol–water partition coefficient (Wildman–Crippen LogP) is 3.63. The molecule has 1 aromatic rings. The van der Waals surface area contributed by atoms with E-state index in [-0.39, 0.29) is 47.1 Å². The van der Waals surface area contributed by atoms with Crippen molar-refractivity contribution >= 4 is 29.9 Å². The van der Waals surface area contributed by atoms with E-state index >= 15 is 0 Å². The second-order valence-electron chi connectivity index (χ2n) is 8.76. The molecular weight excluding hydrogens is 508 g/mol. The number of aliphatic imine (C=N–C) groups is 1. The van der Waals surface area contributed by atoms with Gasteiger partial charge in [0, 0.05) is 19.1 Å². The zero-order valence-electron chi connectivity index (χ0n) is 19.4. The SMILES string of the molecule is CN=C(NCC1(N2CCCCC2)CCN(C)CC1)NC(C)c1ccc(OC)c(F)c1.I. The fourth-order valence-corrected chi connectivity index (χ4v) is 4.69. The van der Waals surface area contributed by atoms with Gasteiger partial charge in [-0.15, -0.1) is 24.0 Å². The number of benzene rings is 1. The number of ether oxygens (including phenoxy) is 1. The molecule has 0 saturated carbocycles. The number of halogens is 2. The number of hydrogen-bond acceptors (Lipinski definition) is 4. The summed E-state index contributed by atoms with van der Waals surface area (Å²) >= 11 is 0. The Morgan fingerprint density at radius 1 is 1.19 bits per heavy atom. The summed E-state index contributed by atoms with van der Waals surface area (Å²) in [5.74, 6) is 0.676. The van der Waals surface area contributed by atoms with E-state index in [0.29, 0.717) is 0 Å². The Hall–Kier alpha value is -1.13. The third kappa shape index (κ3) is 6.68. The smallest absolute Gasteiger partial charge is 0.191 e. The van der Waals surface area contributed by atoms with E-state index < -0.39 is 0 Å². The zero-order chi connectivity index (χ0) is 21.6. The lowest BCUT2D eigenvalue weighted by atomic mass is 9.84. The Kier molecular flexibility index (Phi) is 10.3. The quantitative estimate of drug-likeness (QED) is 0.324. The summed E-state index contributed by atoms with van der Waals surface area (Å²) in [5, 5.41) is 7.01. The van der Waals surface area contributed by atoms with Crippen LogP contribution in [-0.2, 0) is 0 Å². The van der Waals surface area contributed by atoms with Crippen LogP contribution < -0.4 is 15.4 Å². The number of guanidine groups is 1. The summed E-state index contributed by atoms with van der Waals surface area (Å²) in [6, 6.07) is 5.01. The van der Waals surface area contributed by atoms with Gasteiger partial charge in [0.1, 0.15) is 0 Å². The number of likely N-dealkylation sites (tertiary alicyclic amines) is 2. The van der Waals surface area contributed by atoms with Crippen LogP contribution in [0, 0.1) is 5.82 Å². The highest BCUT2D eigenvalue weighted by molar-refractivity contribution is 14.0. The molecule has 0 spiro atoms. The first kappa shape index (κ1) is 26.1. The van der Waals surface area contributed by atoms with Crippen molar-refractivity contribution in [1.29, 1.82) is 0 Å². The van der Waals surface area contributed by atoms with Crippen molar-refractivity contribution < 1.29 is 9.13 Å². The maximum absolute atomic E-state index is 14.1. The van der Waals surface area contributed by atoms with Crippen LogP contribution in [0.4, 0.5) is 4.39 Å². The van der Waals surface area contributed by atoms with E-state index in [0.717, 1.165) is 31.2 Å². The lowest BCUT2D eigenvalue weighted by Gasteiger charge is -2.50. The first-order valence-electron chi connectivity index (χ1n) is 11.2. The number of hydrogen-bond donors (Lipinski definition) is 2. The fourth-order valence-electron chi connectivity index (χ4n) is 4.69. The molecule has 2 fully saturated rings. The average molecular weight is 548 g/mol. The third-order valence-electron chi connectivity index (χ3n) is 6.78. The number of piperidine rings is 2. The van der Waals surface area contributed by atoms with Crippen molar-refractivity contribution in [2.75, 3.05) is 53.9 Å². The van der Waals surface area contributed by atoms with Crippen LogP contribution in [0.5, 0.6) is 5.75 Å². The largest absolute Gasteiger partial charge is 0.494 e. The summed E-state index contributed by atoms with van der Waals surface area (Å²) in [4.78, 5) is 9.57. The lowest BCUT2D eigenvalue weighted by molar-refractivity contribution is 0.0173. The molecule has 2 N–H and O–H groups in total. The van der Waals surface area contributed by atoms with E-state index in [1.54, 1.807) is 13.1 Å². The minimum absolute atomic E-state index is 0. The molecule has 0 aromatic heterocycles. The summed E-state index contributed by atoms with van der Waals surface area (Å²) in [6.07, 6.45) is 6.29. The highest BCUT2D eigenvalue weighted by atomic mass is 127. The third-order valence-corrected chi connectivity index (χ3v) is 6.78. The first-order valence-corrected chi connectivity index (χ1v) is 11.2. The van der Waals surface area contributed by atoms with Gasteiger partial charge < -0.3 is 20.3 Å². The highest BCUT2D eigenvalue weighted by Crippen LogP contribution is 2.31. The number of nitrogens with one attached hydrogen (secondary N) is 2. The topological polar surface area (TPSA) is 52.1 Å². The molecule has 0 bridgehead atoms. The first-order chi connectivity index (χ1) is 14.5. The summed E-state index contributed by atoms with van der Waals surface area (Å²) in [7, 11) is 5.48. The zero-order valence-corrected chi connectivity index (χ0v) is 21.7. The number of nitrogens with zero attached hydrogens (tertiary/aromatic N) is 3. The number of methoxy groups -OCH3 is 1. The second-order valence-corrected chi connectivity index (χ2v) is 8.76. The van der Waals surface area contributed by atoms with Crippen molar-refractivity contribution in [3.63, 3.8) is 0 Å². The van der Waals surface area contributed by atoms with Crippen LogP contribution in [0.2, 0.25) is 0 Å². The maximum atomic E-state index is 14.1. The standard InChI is InChI=1S/C23H38FN5O.HI/c1-18(19-8-9-21(30-4)20(24)16-19)27-22(25-2)26-17-23(10-14-28(3)15-11-23)29-12-6-5-7-13-29;/h8-9,16,18H,5-7,10-15,17H2,1-4H3,(H2,25,26,27);1H. The highest BCUT2D eigenvalue weighted by Gasteiger charge is 2.39. The van der Waals surface area contributed by atoms with Gasteiger partial charge in [-0.25, -0.2) is 4.39 Å². The molecule has 1 unspecified atom stereocenters. The Bertz CT molecular complexity index is 718. The van der Waals surface area contributed by atoms with Crippen LogP contribution in [-0.4, -0.2) is 75.2 Å². The van der Waals surface area contributed by atoms with Gasteiger partial charge >= 0.3 is 0 Å². The molecule has 2 heterocycles. The van der Waals surface area contributed by atoms with E-state index in [2.05, 4.69) is 32.5 Å². The molecule has 3 rings (SSSR count). The molecule has 2 saturated heterocycles. The van der Waals surface area contributed by atoms with Gasteiger partial charge in [0.2, 0.25) is 0 Å². The second kappa shape index (κ2) is 12.2. The molecule has 176 valence electrons. The molecule has 0 radical (unpaired) electrons. The molecule has 6 nitrogen and oxygen atoms in total. The van der Waals surface area contributed by atoms with Gasteiger partial charge in [-0.1, -0.05) is 12.5 Å². The fraction of sp³-hybridized carbons (Fsp3) is 0.696. The molecular formula is C23H39FIN5O. The van der Waals surface area contributed by atoms with Gasteiger partial charge in [-0.3, -0.25) is 9.89 Å². The van der Waals surface area contributed by atoms with E-state index in [1.807, 2.05) is 13.0 Å². The Balaban J connectivity index is 0.00000341. The van der Waals surface area contributed by atoms with Gasteiger partial charge in [-0.2, -0.15) is 0 Å². The molecule has 8 heteroatoms. The molecule has 1 aromatic carbocycles. The van der Waals surface area contributed by atoms with Crippen LogP contribution in [0.15, 0.2) is 23.2 Å². The summed E-state index contributed by atoms with van der Waals surface area (Å²) < 4.78 is 19.1. The molecule has 2 aliphatic rings. The van der Waals surface area contributed by atoms with Crippen molar-refractivity contribution in [2.24, 2.45) is 4.99 Å². The van der Waals surface area contributed by atoms with Crippen LogP contribution in [0.3, 0.4) is 0 Å². The summed E-state index contributed by atoms with van der Waals surface area (Å²) in [5.41, 5.74) is 1.04. The van der Waals surface area contributed by atoms with Crippen molar-refractivity contribution in [3.05, 3.63) is 29.6 Å². The summed E-state index contributed by atoms with van der Waals surface area (Å²) in [6.45, 7) is 7.55. The van der Waals surface area contributed by atoms with Crippen molar-refractivity contribution in [2.45, 2.75) is 50.6 Å². The Morgan fingerprint density at radius 2 is 1.87 bits per heavy atom. The monoisotopic (exact) mass is 547 g/mol. The van der Waals surface area contributed by atoms with Crippen LogP contribution >= 0.6 is 24.0 Å². The van der Waals surface area contributed by atoms with E-state index in [4.69, 9.17) is 4.74 Å². The molecule has 0 aliphatic carbocycles. The lowest BCUT2D eigenvalue weighted by Crippen LogP contribution is -2.62. The van der Waals surface area contributed by atoms with E-state index in [9.17, 15) is 4.39 Å². The number of rotatable bonds is 6. The van der Waals surface area contributed by atoms with Gasteiger partial charge in [0.25, 0.3) is 0 Å². The Morgan fingerprint density at radius 3 is 2.45 bits per heavy atom. The normalized spacial score (nSPS) is 21.1. The van der Waals surface area contributed by atoms with Crippen LogP contribution in [0.1, 0.15) is 50.6 Å².